The lowest BCUT2D eigenvalue weighted by atomic mass is 9.79. The van der Waals surface area contributed by atoms with Crippen molar-refractivity contribution in [3.8, 4) is 0 Å². The summed E-state index contributed by atoms with van der Waals surface area (Å²) in [7, 11) is -2.01. The summed E-state index contributed by atoms with van der Waals surface area (Å²) in [4.78, 5) is 0. The lowest BCUT2D eigenvalue weighted by Gasteiger charge is -2.35. The van der Waals surface area contributed by atoms with Crippen LogP contribution in [0.25, 0.3) is 0 Å². The number of aryl methyl sites for hydroxylation is 1. The molecular formula is C14H22N2O3S. The van der Waals surface area contributed by atoms with E-state index in [2.05, 4.69) is 4.72 Å². The minimum atomic E-state index is -3.53. The molecule has 1 aliphatic rings. The van der Waals surface area contributed by atoms with Crippen molar-refractivity contribution < 1.29 is 13.5 Å². The lowest BCUT2D eigenvalue weighted by Crippen LogP contribution is -2.47. The Labute approximate surface area is 120 Å². The second-order valence-electron chi connectivity index (χ2n) is 5.28. The average Bonchev–Trinajstić information content (AvgIpc) is 2.45. The Bertz CT molecular complexity index is 574. The normalized spacial score (nSPS) is 22.8. The molecule has 1 aromatic carbocycles. The Balaban J connectivity index is 2.18. The molecule has 1 aliphatic carbocycles. The molecule has 5 nitrogen and oxygen atoms in total. The molecule has 1 aromatic rings. The minimum absolute atomic E-state index is 0.0106. The van der Waals surface area contributed by atoms with Gasteiger partial charge in [-0.3, -0.25) is 0 Å². The van der Waals surface area contributed by atoms with Crippen LogP contribution in [0.4, 0.5) is 0 Å². The molecule has 2 rings (SSSR count). The number of fused-ring (bicyclic) bond motifs is 1. The van der Waals surface area contributed by atoms with Gasteiger partial charge in [0, 0.05) is 20.1 Å². The van der Waals surface area contributed by atoms with Crippen molar-refractivity contribution >= 4 is 10.2 Å². The standard InChI is InChI=1S/C14H22N2O3S/c1-3-16(2)20(18,19)15-11-14(17)10-6-8-12-7-4-5-9-13(12)14/h4-5,7,9,15,17H,3,6,8,10-11H2,1-2H3. The molecule has 6 heteroatoms. The van der Waals surface area contributed by atoms with Gasteiger partial charge in [-0.15, -0.1) is 0 Å². The molecule has 0 saturated carbocycles. The van der Waals surface area contributed by atoms with Crippen LogP contribution >= 0.6 is 0 Å². The summed E-state index contributed by atoms with van der Waals surface area (Å²) >= 11 is 0. The highest BCUT2D eigenvalue weighted by atomic mass is 32.2. The van der Waals surface area contributed by atoms with Crippen molar-refractivity contribution in [2.45, 2.75) is 31.8 Å². The molecule has 112 valence electrons. The maximum Gasteiger partial charge on any atom is 0.279 e. The molecular weight excluding hydrogens is 276 g/mol. The molecule has 2 N–H and O–H groups in total. The van der Waals surface area contributed by atoms with Crippen LogP contribution in [0, 0.1) is 0 Å². The van der Waals surface area contributed by atoms with Gasteiger partial charge in [0.05, 0.1) is 0 Å². The quantitative estimate of drug-likeness (QED) is 0.852. The van der Waals surface area contributed by atoms with Crippen LogP contribution in [0.5, 0.6) is 0 Å². The molecule has 0 aromatic heterocycles. The first-order valence-corrected chi connectivity index (χ1v) is 8.35. The topological polar surface area (TPSA) is 69.6 Å². The zero-order chi connectivity index (χ0) is 14.8. The van der Waals surface area contributed by atoms with E-state index in [0.29, 0.717) is 13.0 Å². The molecule has 0 aliphatic heterocycles. The Kier molecular flexibility index (Phi) is 4.49. The first-order chi connectivity index (χ1) is 9.39. The van der Waals surface area contributed by atoms with Gasteiger partial charge in [-0.1, -0.05) is 31.2 Å². The van der Waals surface area contributed by atoms with E-state index in [1.807, 2.05) is 24.3 Å². The zero-order valence-corrected chi connectivity index (χ0v) is 12.8. The van der Waals surface area contributed by atoms with Crippen LogP contribution in [-0.2, 0) is 22.2 Å². The second-order valence-corrected chi connectivity index (χ2v) is 7.14. The van der Waals surface area contributed by atoms with Crippen LogP contribution in [0.2, 0.25) is 0 Å². The number of nitrogens with zero attached hydrogens (tertiary/aromatic N) is 1. The Hall–Kier alpha value is -0.950. The number of benzene rings is 1. The fraction of sp³-hybridized carbons (Fsp3) is 0.571. The van der Waals surface area contributed by atoms with Gasteiger partial charge in [-0.25, -0.2) is 0 Å². The Morgan fingerprint density at radius 3 is 2.80 bits per heavy atom. The predicted octanol–water partition coefficient (Wildman–Crippen LogP) is 0.997. The van der Waals surface area contributed by atoms with E-state index in [-0.39, 0.29) is 6.54 Å². The second kappa shape index (κ2) is 5.81. The van der Waals surface area contributed by atoms with Crippen LogP contribution in [0.1, 0.15) is 30.9 Å². The number of aliphatic hydroxyl groups is 1. The molecule has 1 unspecified atom stereocenters. The largest absolute Gasteiger partial charge is 0.384 e. The van der Waals surface area contributed by atoms with Crippen LogP contribution in [-0.4, -0.2) is 38.0 Å². The van der Waals surface area contributed by atoms with Crippen molar-refractivity contribution in [3.63, 3.8) is 0 Å². The molecule has 0 fully saturated rings. The third kappa shape index (κ3) is 3.03. The first kappa shape index (κ1) is 15.4. The summed E-state index contributed by atoms with van der Waals surface area (Å²) < 4.78 is 27.7. The van der Waals surface area contributed by atoms with Crippen LogP contribution in [0.3, 0.4) is 0 Å². The van der Waals surface area contributed by atoms with Crippen molar-refractivity contribution in [1.82, 2.24) is 9.03 Å². The van der Waals surface area contributed by atoms with E-state index in [9.17, 15) is 13.5 Å². The fourth-order valence-electron chi connectivity index (χ4n) is 2.57. The molecule has 1 atom stereocenters. The smallest absolute Gasteiger partial charge is 0.279 e. The van der Waals surface area contributed by atoms with Gasteiger partial charge in [-0.05, 0) is 30.4 Å². The highest BCUT2D eigenvalue weighted by Gasteiger charge is 2.35. The number of nitrogens with one attached hydrogen (secondary N) is 1. The van der Waals surface area contributed by atoms with E-state index >= 15 is 0 Å². The number of hydrogen-bond donors (Lipinski definition) is 2. The third-order valence-electron chi connectivity index (χ3n) is 3.96. The maximum absolute atomic E-state index is 12.0. The zero-order valence-electron chi connectivity index (χ0n) is 12.0. The first-order valence-electron chi connectivity index (χ1n) is 6.91. The maximum atomic E-state index is 12.0. The van der Waals surface area contributed by atoms with Crippen molar-refractivity contribution in [1.29, 1.82) is 0 Å². The minimum Gasteiger partial charge on any atom is -0.384 e. The highest BCUT2D eigenvalue weighted by Crippen LogP contribution is 2.34. The van der Waals surface area contributed by atoms with Gasteiger partial charge >= 0.3 is 0 Å². The van der Waals surface area contributed by atoms with Crippen molar-refractivity contribution in [2.75, 3.05) is 20.1 Å². The average molecular weight is 298 g/mol. The summed E-state index contributed by atoms with van der Waals surface area (Å²) in [6.45, 7) is 2.17. The Morgan fingerprint density at radius 1 is 1.40 bits per heavy atom. The summed E-state index contributed by atoms with van der Waals surface area (Å²) in [6.07, 6.45) is 2.36. The van der Waals surface area contributed by atoms with Gasteiger partial charge in [0.15, 0.2) is 0 Å². The summed E-state index contributed by atoms with van der Waals surface area (Å²) in [5, 5.41) is 10.8. The molecule has 0 heterocycles. The molecule has 0 radical (unpaired) electrons. The number of rotatable bonds is 5. The molecule has 20 heavy (non-hydrogen) atoms. The van der Waals surface area contributed by atoms with Gasteiger partial charge in [0.2, 0.25) is 0 Å². The van der Waals surface area contributed by atoms with Crippen molar-refractivity contribution in [3.05, 3.63) is 35.4 Å². The summed E-state index contributed by atoms with van der Waals surface area (Å²) in [5.74, 6) is 0. The van der Waals surface area contributed by atoms with E-state index in [4.69, 9.17) is 0 Å². The fourth-order valence-corrected chi connectivity index (χ4v) is 3.55. The number of hydrogen-bond acceptors (Lipinski definition) is 3. The van der Waals surface area contributed by atoms with Gasteiger partial charge < -0.3 is 5.11 Å². The van der Waals surface area contributed by atoms with Gasteiger partial charge in [0.1, 0.15) is 5.60 Å². The van der Waals surface area contributed by atoms with E-state index in [0.717, 1.165) is 24.0 Å². The summed E-state index contributed by atoms with van der Waals surface area (Å²) in [6, 6.07) is 7.69. The molecule has 0 bridgehead atoms. The van der Waals surface area contributed by atoms with Gasteiger partial charge in [0.25, 0.3) is 10.2 Å². The van der Waals surface area contributed by atoms with E-state index in [1.54, 1.807) is 6.92 Å². The molecule has 0 spiro atoms. The predicted molar refractivity (Wildman–Crippen MR) is 78.5 cm³/mol. The van der Waals surface area contributed by atoms with Crippen LogP contribution in [0.15, 0.2) is 24.3 Å². The molecule has 0 amide bonds. The van der Waals surface area contributed by atoms with Crippen molar-refractivity contribution in [2.24, 2.45) is 0 Å². The highest BCUT2D eigenvalue weighted by molar-refractivity contribution is 7.87. The SMILES string of the molecule is CCN(C)S(=O)(=O)NCC1(O)CCCc2ccccc21. The molecule has 0 saturated heterocycles. The lowest BCUT2D eigenvalue weighted by molar-refractivity contribution is 0.0240. The van der Waals surface area contributed by atoms with E-state index in [1.165, 1.54) is 11.4 Å². The summed E-state index contributed by atoms with van der Waals surface area (Å²) in [5.41, 5.74) is 0.827. The monoisotopic (exact) mass is 298 g/mol. The van der Waals surface area contributed by atoms with Gasteiger partial charge in [-0.2, -0.15) is 17.4 Å². The Morgan fingerprint density at radius 2 is 2.10 bits per heavy atom. The third-order valence-corrected chi connectivity index (χ3v) is 5.55. The van der Waals surface area contributed by atoms with Crippen LogP contribution < -0.4 is 4.72 Å². The van der Waals surface area contributed by atoms with E-state index < -0.39 is 15.8 Å².